The summed E-state index contributed by atoms with van der Waals surface area (Å²) in [7, 11) is -6.83. The first kappa shape index (κ1) is 20.7. The SMILES string of the molecule is O=C(NC1C=CS(=O)(=O)C1)c1cc(C(=O)NC2C=CS(=O)(=O)C2)cc([N+](=O)[O-])c1. The molecule has 0 spiro atoms. The molecule has 2 heterocycles. The van der Waals surface area contributed by atoms with Crippen LogP contribution in [0.4, 0.5) is 5.69 Å². The number of carbonyl (C=O) groups is 2. The highest BCUT2D eigenvalue weighted by atomic mass is 32.2. The molecule has 0 fully saturated rings. The molecule has 2 aliphatic heterocycles. The van der Waals surface area contributed by atoms with Crippen LogP contribution in [0.5, 0.6) is 0 Å². The number of rotatable bonds is 5. The number of non-ortho nitro benzene ring substituents is 1. The number of nitrogens with zero attached hydrogens (tertiary/aromatic N) is 1. The van der Waals surface area contributed by atoms with Crippen LogP contribution in [0.15, 0.2) is 41.2 Å². The van der Waals surface area contributed by atoms with E-state index in [4.69, 9.17) is 0 Å². The van der Waals surface area contributed by atoms with Crippen molar-refractivity contribution in [2.75, 3.05) is 11.5 Å². The van der Waals surface area contributed by atoms with Crippen molar-refractivity contribution in [3.63, 3.8) is 0 Å². The third kappa shape index (κ3) is 5.06. The summed E-state index contributed by atoms with van der Waals surface area (Å²) in [5, 5.41) is 17.9. The summed E-state index contributed by atoms with van der Waals surface area (Å²) >= 11 is 0. The molecule has 1 aromatic carbocycles. The molecule has 0 aliphatic carbocycles. The molecule has 0 saturated heterocycles. The number of hydrogen-bond acceptors (Lipinski definition) is 8. The zero-order valence-corrected chi connectivity index (χ0v) is 16.3. The zero-order chi connectivity index (χ0) is 21.4. The molecule has 0 aromatic heterocycles. The Morgan fingerprint density at radius 1 is 0.862 bits per heavy atom. The van der Waals surface area contributed by atoms with Crippen LogP contribution in [-0.2, 0) is 19.7 Å². The maximum Gasteiger partial charge on any atom is 0.271 e. The van der Waals surface area contributed by atoms with Crippen molar-refractivity contribution in [1.29, 1.82) is 0 Å². The minimum Gasteiger partial charge on any atom is -0.345 e. The molecule has 3 rings (SSSR count). The van der Waals surface area contributed by atoms with Gasteiger partial charge in [-0.15, -0.1) is 0 Å². The Balaban J connectivity index is 1.81. The van der Waals surface area contributed by atoms with Crippen LogP contribution >= 0.6 is 0 Å². The van der Waals surface area contributed by atoms with Crippen molar-refractivity contribution in [3.8, 4) is 0 Å². The van der Waals surface area contributed by atoms with Crippen LogP contribution in [0.25, 0.3) is 0 Å². The molecular formula is C16H15N3O8S2. The van der Waals surface area contributed by atoms with Crippen LogP contribution in [0.1, 0.15) is 20.7 Å². The maximum absolute atomic E-state index is 12.4. The fourth-order valence-corrected chi connectivity index (χ4v) is 5.28. The number of benzene rings is 1. The van der Waals surface area contributed by atoms with E-state index < -0.39 is 54.2 Å². The van der Waals surface area contributed by atoms with Crippen molar-refractivity contribution >= 4 is 37.2 Å². The van der Waals surface area contributed by atoms with Crippen LogP contribution in [0.2, 0.25) is 0 Å². The molecular weight excluding hydrogens is 426 g/mol. The summed E-state index contributed by atoms with van der Waals surface area (Å²) in [5.74, 6) is -2.25. The van der Waals surface area contributed by atoms with Crippen LogP contribution < -0.4 is 10.6 Å². The van der Waals surface area contributed by atoms with E-state index in [1.165, 1.54) is 12.2 Å². The topological polar surface area (TPSA) is 170 Å². The predicted molar refractivity (Wildman–Crippen MR) is 101 cm³/mol. The van der Waals surface area contributed by atoms with E-state index in [1.54, 1.807) is 0 Å². The Kier molecular flexibility index (Phi) is 5.28. The lowest BCUT2D eigenvalue weighted by molar-refractivity contribution is -0.384. The Morgan fingerprint density at radius 2 is 1.28 bits per heavy atom. The summed E-state index contributed by atoms with van der Waals surface area (Å²) in [6.07, 6.45) is 2.57. The van der Waals surface area contributed by atoms with Crippen molar-refractivity contribution in [1.82, 2.24) is 10.6 Å². The van der Waals surface area contributed by atoms with Gasteiger partial charge in [0.15, 0.2) is 19.7 Å². The molecule has 154 valence electrons. The fourth-order valence-electron chi connectivity index (χ4n) is 2.81. The van der Waals surface area contributed by atoms with Gasteiger partial charge in [-0.3, -0.25) is 19.7 Å². The Morgan fingerprint density at radius 3 is 1.59 bits per heavy atom. The van der Waals surface area contributed by atoms with Crippen molar-refractivity contribution in [2.24, 2.45) is 0 Å². The van der Waals surface area contributed by atoms with E-state index >= 15 is 0 Å². The van der Waals surface area contributed by atoms with Gasteiger partial charge in [0.1, 0.15) is 0 Å². The van der Waals surface area contributed by atoms with Crippen LogP contribution in [0.3, 0.4) is 0 Å². The average Bonchev–Trinajstić information content (AvgIpc) is 3.14. The molecule has 2 unspecified atom stereocenters. The van der Waals surface area contributed by atoms with Gasteiger partial charge >= 0.3 is 0 Å². The van der Waals surface area contributed by atoms with E-state index in [0.29, 0.717) is 0 Å². The summed E-state index contributed by atoms with van der Waals surface area (Å²) in [6.45, 7) is 0. The van der Waals surface area contributed by atoms with Crippen molar-refractivity contribution in [2.45, 2.75) is 12.1 Å². The highest BCUT2D eigenvalue weighted by Gasteiger charge is 2.27. The monoisotopic (exact) mass is 441 g/mol. The first-order valence-electron chi connectivity index (χ1n) is 8.17. The lowest BCUT2D eigenvalue weighted by Gasteiger charge is -2.12. The lowest BCUT2D eigenvalue weighted by Crippen LogP contribution is -2.37. The van der Waals surface area contributed by atoms with Gasteiger partial charge in [-0.05, 0) is 18.2 Å². The average molecular weight is 441 g/mol. The molecule has 29 heavy (non-hydrogen) atoms. The zero-order valence-electron chi connectivity index (χ0n) is 14.6. The van der Waals surface area contributed by atoms with Gasteiger partial charge in [-0.1, -0.05) is 0 Å². The summed E-state index contributed by atoms with van der Waals surface area (Å²) in [6, 6.07) is 1.44. The molecule has 2 N–H and O–H groups in total. The molecule has 0 radical (unpaired) electrons. The first-order chi connectivity index (χ1) is 13.4. The van der Waals surface area contributed by atoms with E-state index in [0.717, 1.165) is 29.0 Å². The number of amides is 2. The number of nitrogens with one attached hydrogen (secondary N) is 2. The first-order valence-corrected chi connectivity index (χ1v) is 11.6. The summed E-state index contributed by atoms with van der Waals surface area (Å²) in [4.78, 5) is 35.2. The third-order valence-corrected chi connectivity index (χ3v) is 6.94. The van der Waals surface area contributed by atoms with Gasteiger partial charge in [-0.2, -0.15) is 0 Å². The molecule has 1 aromatic rings. The Labute approximate surface area is 165 Å². The van der Waals surface area contributed by atoms with Gasteiger partial charge in [0.2, 0.25) is 0 Å². The second-order valence-corrected chi connectivity index (χ2v) is 10.4. The summed E-state index contributed by atoms with van der Waals surface area (Å²) < 4.78 is 45.7. The van der Waals surface area contributed by atoms with Crippen molar-refractivity contribution in [3.05, 3.63) is 62.4 Å². The number of sulfone groups is 2. The predicted octanol–water partition coefficient (Wildman–Crippen LogP) is -0.324. The van der Waals surface area contributed by atoms with Crippen LogP contribution in [-0.4, -0.2) is 57.2 Å². The standard InChI is InChI=1S/C16H15N3O8S2/c20-15(17-12-1-3-28(24,25)8-12)10-5-11(7-14(6-10)19(22)23)16(21)18-13-2-4-29(26,27)9-13/h1-7,12-13H,8-9H2,(H,17,20)(H,18,21). The molecule has 0 saturated carbocycles. The van der Waals surface area contributed by atoms with E-state index in [2.05, 4.69) is 10.6 Å². The van der Waals surface area contributed by atoms with Gasteiger partial charge in [0, 0.05) is 34.1 Å². The Hall–Kier alpha value is -3.06. The number of nitro groups is 1. The van der Waals surface area contributed by atoms with Gasteiger partial charge in [-0.25, -0.2) is 16.8 Å². The minimum atomic E-state index is -3.41. The van der Waals surface area contributed by atoms with E-state index in [1.807, 2.05) is 0 Å². The molecule has 2 amide bonds. The third-order valence-electron chi connectivity index (χ3n) is 4.15. The normalized spacial score (nSPS) is 23.6. The summed E-state index contributed by atoms with van der Waals surface area (Å²) in [5.41, 5.74) is -0.944. The minimum absolute atomic E-state index is 0.211. The van der Waals surface area contributed by atoms with E-state index in [9.17, 15) is 36.5 Å². The molecule has 0 bridgehead atoms. The fraction of sp³-hybridized carbons (Fsp3) is 0.250. The second-order valence-electron chi connectivity index (χ2n) is 6.50. The molecule has 2 atom stereocenters. The smallest absolute Gasteiger partial charge is 0.271 e. The van der Waals surface area contributed by atoms with E-state index in [-0.39, 0.29) is 22.6 Å². The number of carbonyl (C=O) groups excluding carboxylic acids is 2. The Bertz CT molecular complexity index is 1090. The second kappa shape index (κ2) is 7.40. The quantitative estimate of drug-likeness (QED) is 0.462. The maximum atomic E-state index is 12.4. The highest BCUT2D eigenvalue weighted by molar-refractivity contribution is 7.94. The van der Waals surface area contributed by atoms with Crippen LogP contribution in [0, 0.1) is 10.1 Å². The lowest BCUT2D eigenvalue weighted by atomic mass is 10.1. The molecule has 11 nitrogen and oxygen atoms in total. The highest BCUT2D eigenvalue weighted by Crippen LogP contribution is 2.19. The number of hydrogen-bond donors (Lipinski definition) is 2. The van der Waals surface area contributed by atoms with Gasteiger partial charge < -0.3 is 10.6 Å². The van der Waals surface area contributed by atoms with Gasteiger partial charge in [0.25, 0.3) is 17.5 Å². The largest absolute Gasteiger partial charge is 0.345 e. The van der Waals surface area contributed by atoms with Gasteiger partial charge in [0.05, 0.1) is 28.5 Å². The molecule has 13 heteroatoms. The number of nitro benzene ring substituents is 1. The van der Waals surface area contributed by atoms with Crippen molar-refractivity contribution < 1.29 is 31.3 Å². The molecule has 2 aliphatic rings.